The molecule has 2 heteroatoms. The summed E-state index contributed by atoms with van der Waals surface area (Å²) in [7, 11) is 2.24. The molecule has 2 aliphatic rings. The topological polar surface area (TPSA) is 20.3 Å². The number of hydrogen-bond donors (Lipinski definition) is 0. The lowest BCUT2D eigenvalue weighted by molar-refractivity contribution is -0.120. The van der Waals surface area contributed by atoms with Crippen molar-refractivity contribution in [1.82, 2.24) is 4.90 Å². The van der Waals surface area contributed by atoms with Crippen molar-refractivity contribution in [2.75, 3.05) is 13.6 Å². The standard InChI is InChI=1S/C17H31NO/c1-14-7-9-17(13-19,10-8-14)12-18(3)16-6-4-5-15(2)11-16/h13-16H,4-12H2,1-3H3. The summed E-state index contributed by atoms with van der Waals surface area (Å²) in [5, 5.41) is 0. The van der Waals surface area contributed by atoms with Crippen LogP contribution < -0.4 is 0 Å². The van der Waals surface area contributed by atoms with Crippen molar-refractivity contribution in [2.45, 2.75) is 71.3 Å². The minimum atomic E-state index is -0.0397. The van der Waals surface area contributed by atoms with E-state index >= 15 is 0 Å². The Hall–Kier alpha value is -0.370. The Morgan fingerprint density at radius 1 is 1.11 bits per heavy atom. The van der Waals surface area contributed by atoms with Gasteiger partial charge in [0.25, 0.3) is 0 Å². The van der Waals surface area contributed by atoms with E-state index in [2.05, 4.69) is 25.8 Å². The molecule has 0 saturated heterocycles. The fraction of sp³-hybridized carbons (Fsp3) is 0.941. The molecule has 2 unspecified atom stereocenters. The molecule has 2 saturated carbocycles. The van der Waals surface area contributed by atoms with Crippen LogP contribution in [0.15, 0.2) is 0 Å². The van der Waals surface area contributed by atoms with Crippen molar-refractivity contribution < 1.29 is 4.79 Å². The predicted molar refractivity (Wildman–Crippen MR) is 80.2 cm³/mol. The molecule has 2 atom stereocenters. The van der Waals surface area contributed by atoms with Crippen molar-refractivity contribution >= 4 is 6.29 Å². The zero-order chi connectivity index (χ0) is 13.9. The predicted octanol–water partition coefficient (Wildman–Crippen LogP) is 3.89. The molecule has 0 heterocycles. The maximum atomic E-state index is 11.6. The monoisotopic (exact) mass is 265 g/mol. The van der Waals surface area contributed by atoms with Gasteiger partial charge in [0.05, 0.1) is 0 Å². The summed E-state index contributed by atoms with van der Waals surface area (Å²) >= 11 is 0. The highest BCUT2D eigenvalue weighted by molar-refractivity contribution is 5.60. The van der Waals surface area contributed by atoms with Gasteiger partial charge in [0.2, 0.25) is 0 Å². The minimum absolute atomic E-state index is 0.0397. The van der Waals surface area contributed by atoms with E-state index in [0.29, 0.717) is 6.04 Å². The molecular weight excluding hydrogens is 234 g/mol. The second-order valence-electron chi connectivity index (χ2n) is 7.50. The molecule has 2 nitrogen and oxygen atoms in total. The van der Waals surface area contributed by atoms with Crippen LogP contribution in [0.2, 0.25) is 0 Å². The smallest absolute Gasteiger partial charge is 0.127 e. The van der Waals surface area contributed by atoms with Gasteiger partial charge in [-0.15, -0.1) is 0 Å². The molecule has 0 N–H and O–H groups in total. The highest BCUT2D eigenvalue weighted by Crippen LogP contribution is 2.39. The van der Waals surface area contributed by atoms with Crippen LogP contribution in [0.3, 0.4) is 0 Å². The third-order valence-corrected chi connectivity index (χ3v) is 5.62. The van der Waals surface area contributed by atoms with Crippen LogP contribution in [0.25, 0.3) is 0 Å². The molecule has 0 radical (unpaired) electrons. The summed E-state index contributed by atoms with van der Waals surface area (Å²) in [6.07, 6.45) is 11.3. The molecule has 19 heavy (non-hydrogen) atoms. The van der Waals surface area contributed by atoms with E-state index in [1.54, 1.807) is 0 Å². The van der Waals surface area contributed by atoms with E-state index in [1.165, 1.54) is 44.8 Å². The number of hydrogen-bond acceptors (Lipinski definition) is 2. The zero-order valence-corrected chi connectivity index (χ0v) is 13.0. The van der Waals surface area contributed by atoms with Gasteiger partial charge in [-0.1, -0.05) is 26.7 Å². The van der Waals surface area contributed by atoms with Crippen LogP contribution in [0, 0.1) is 17.3 Å². The molecule has 0 aromatic carbocycles. The first-order chi connectivity index (χ1) is 9.04. The summed E-state index contributed by atoms with van der Waals surface area (Å²) in [6.45, 7) is 5.68. The van der Waals surface area contributed by atoms with Crippen LogP contribution in [-0.4, -0.2) is 30.8 Å². The first kappa shape index (κ1) is 15.0. The van der Waals surface area contributed by atoms with Crippen LogP contribution in [0.4, 0.5) is 0 Å². The van der Waals surface area contributed by atoms with Gasteiger partial charge in [0.1, 0.15) is 6.29 Å². The van der Waals surface area contributed by atoms with Crippen molar-refractivity contribution in [3.8, 4) is 0 Å². The lowest BCUT2D eigenvalue weighted by atomic mass is 9.71. The summed E-state index contributed by atoms with van der Waals surface area (Å²) in [5.41, 5.74) is -0.0397. The van der Waals surface area contributed by atoms with Crippen molar-refractivity contribution in [1.29, 1.82) is 0 Å². The summed E-state index contributed by atoms with van der Waals surface area (Å²) < 4.78 is 0. The van der Waals surface area contributed by atoms with Gasteiger partial charge in [0, 0.05) is 18.0 Å². The zero-order valence-electron chi connectivity index (χ0n) is 13.0. The van der Waals surface area contributed by atoms with Gasteiger partial charge in [-0.05, 0) is 57.4 Å². The normalized spacial score (nSPS) is 40.3. The number of carbonyl (C=O) groups is 1. The van der Waals surface area contributed by atoms with E-state index in [9.17, 15) is 4.79 Å². The molecule has 2 rings (SSSR count). The molecule has 0 spiro atoms. The van der Waals surface area contributed by atoms with E-state index < -0.39 is 0 Å². The van der Waals surface area contributed by atoms with Crippen LogP contribution in [0.1, 0.15) is 65.2 Å². The highest BCUT2D eigenvalue weighted by atomic mass is 16.1. The second-order valence-corrected chi connectivity index (χ2v) is 7.50. The fourth-order valence-electron chi connectivity index (χ4n) is 4.08. The number of nitrogens with zero attached hydrogens (tertiary/aromatic N) is 1. The van der Waals surface area contributed by atoms with Gasteiger partial charge >= 0.3 is 0 Å². The Labute approximate surface area is 118 Å². The Kier molecular flexibility index (Phi) is 5.05. The van der Waals surface area contributed by atoms with Gasteiger partial charge < -0.3 is 9.69 Å². The van der Waals surface area contributed by atoms with Gasteiger partial charge in [-0.3, -0.25) is 0 Å². The Balaban J connectivity index is 1.92. The van der Waals surface area contributed by atoms with Gasteiger partial charge in [0.15, 0.2) is 0 Å². The van der Waals surface area contributed by atoms with E-state index in [1.807, 2.05) is 0 Å². The summed E-state index contributed by atoms with van der Waals surface area (Å²) in [4.78, 5) is 14.1. The molecule has 2 aliphatic carbocycles. The Bertz CT molecular complexity index is 294. The van der Waals surface area contributed by atoms with Gasteiger partial charge in [-0.2, -0.15) is 0 Å². The summed E-state index contributed by atoms with van der Waals surface area (Å²) in [5.74, 6) is 1.67. The molecule has 110 valence electrons. The molecule has 2 fully saturated rings. The van der Waals surface area contributed by atoms with Crippen LogP contribution in [0.5, 0.6) is 0 Å². The van der Waals surface area contributed by atoms with E-state index in [4.69, 9.17) is 0 Å². The van der Waals surface area contributed by atoms with Crippen LogP contribution >= 0.6 is 0 Å². The third kappa shape index (κ3) is 3.81. The molecule has 0 bridgehead atoms. The Morgan fingerprint density at radius 2 is 1.79 bits per heavy atom. The quantitative estimate of drug-likeness (QED) is 0.719. The van der Waals surface area contributed by atoms with Gasteiger partial charge in [-0.25, -0.2) is 0 Å². The second kappa shape index (κ2) is 6.39. The maximum Gasteiger partial charge on any atom is 0.127 e. The van der Waals surface area contributed by atoms with Crippen LogP contribution in [-0.2, 0) is 4.79 Å². The van der Waals surface area contributed by atoms with Crippen molar-refractivity contribution in [3.05, 3.63) is 0 Å². The fourth-order valence-corrected chi connectivity index (χ4v) is 4.08. The molecule has 0 aromatic heterocycles. The number of aldehydes is 1. The third-order valence-electron chi connectivity index (χ3n) is 5.62. The van der Waals surface area contributed by atoms with E-state index in [0.717, 1.165) is 31.2 Å². The van der Waals surface area contributed by atoms with E-state index in [-0.39, 0.29) is 5.41 Å². The van der Waals surface area contributed by atoms with Crippen molar-refractivity contribution in [2.24, 2.45) is 17.3 Å². The minimum Gasteiger partial charge on any atom is -0.303 e. The lowest BCUT2D eigenvalue weighted by Gasteiger charge is -2.42. The average Bonchev–Trinajstić information content (AvgIpc) is 2.42. The van der Waals surface area contributed by atoms with Crippen molar-refractivity contribution in [3.63, 3.8) is 0 Å². The largest absolute Gasteiger partial charge is 0.303 e. The lowest BCUT2D eigenvalue weighted by Crippen LogP contribution is -2.45. The maximum absolute atomic E-state index is 11.6. The first-order valence-corrected chi connectivity index (χ1v) is 8.21. The SMILES string of the molecule is CC1CCC(C=O)(CN(C)C2CCCC(C)C2)CC1. The molecule has 0 aromatic rings. The molecular formula is C17H31NO. The number of carbonyl (C=O) groups excluding carboxylic acids is 1. The average molecular weight is 265 g/mol. The molecule has 0 amide bonds. The summed E-state index contributed by atoms with van der Waals surface area (Å²) in [6, 6.07) is 0.708. The molecule has 0 aliphatic heterocycles. The first-order valence-electron chi connectivity index (χ1n) is 8.21. The Morgan fingerprint density at radius 3 is 2.37 bits per heavy atom. The highest BCUT2D eigenvalue weighted by Gasteiger charge is 2.36. The number of rotatable bonds is 4.